The highest BCUT2D eigenvalue weighted by molar-refractivity contribution is 6.14. The first-order valence-corrected chi connectivity index (χ1v) is 6.67. The fraction of sp³-hybridized carbons (Fsp3) is 0.188. The molecular weight excluding hydrogens is 270 g/mol. The fourth-order valence-corrected chi connectivity index (χ4v) is 2.78. The SMILES string of the molecule is CCc1c(C(C)=O)oc2cc([N+](=O)[O-])c3ccccc3c12. The van der Waals surface area contributed by atoms with Crippen molar-refractivity contribution >= 4 is 33.2 Å². The summed E-state index contributed by atoms with van der Waals surface area (Å²) in [5.74, 6) is 0.118. The summed E-state index contributed by atoms with van der Waals surface area (Å²) in [7, 11) is 0. The van der Waals surface area contributed by atoms with Crippen LogP contribution >= 0.6 is 0 Å². The van der Waals surface area contributed by atoms with Crippen LogP contribution in [0.5, 0.6) is 0 Å². The van der Waals surface area contributed by atoms with Crippen LogP contribution < -0.4 is 0 Å². The topological polar surface area (TPSA) is 73.3 Å². The minimum absolute atomic E-state index is 0.00962. The molecule has 1 heterocycles. The second-order valence-electron chi connectivity index (χ2n) is 4.89. The zero-order chi connectivity index (χ0) is 15.1. The number of nitro benzene ring substituents is 1. The lowest BCUT2D eigenvalue weighted by atomic mass is 9.99. The average Bonchev–Trinajstić information content (AvgIpc) is 2.85. The maximum absolute atomic E-state index is 11.7. The summed E-state index contributed by atoms with van der Waals surface area (Å²) in [5, 5.41) is 13.3. The maximum atomic E-state index is 11.7. The Morgan fingerprint density at radius 2 is 1.95 bits per heavy atom. The van der Waals surface area contributed by atoms with Crippen LogP contribution in [-0.2, 0) is 6.42 Å². The van der Waals surface area contributed by atoms with Crippen molar-refractivity contribution in [2.75, 3.05) is 0 Å². The van der Waals surface area contributed by atoms with Gasteiger partial charge in [-0.15, -0.1) is 0 Å². The largest absolute Gasteiger partial charge is 0.452 e. The van der Waals surface area contributed by atoms with Crippen LogP contribution in [0.4, 0.5) is 5.69 Å². The minimum atomic E-state index is -0.427. The zero-order valence-electron chi connectivity index (χ0n) is 11.7. The summed E-state index contributed by atoms with van der Waals surface area (Å²) < 4.78 is 5.60. The molecule has 1 aromatic heterocycles. The number of nitrogens with zero attached hydrogens (tertiary/aromatic N) is 1. The van der Waals surface area contributed by atoms with Crippen molar-refractivity contribution in [3.8, 4) is 0 Å². The zero-order valence-corrected chi connectivity index (χ0v) is 11.7. The molecule has 0 spiro atoms. The highest BCUT2D eigenvalue weighted by atomic mass is 16.6. The molecule has 3 rings (SSSR count). The third-order valence-corrected chi connectivity index (χ3v) is 3.64. The van der Waals surface area contributed by atoms with Gasteiger partial charge in [-0.3, -0.25) is 14.9 Å². The number of ketones is 1. The molecule has 0 N–H and O–H groups in total. The van der Waals surface area contributed by atoms with Gasteiger partial charge in [-0.2, -0.15) is 0 Å². The first-order valence-electron chi connectivity index (χ1n) is 6.67. The molecule has 0 saturated carbocycles. The van der Waals surface area contributed by atoms with Gasteiger partial charge in [0.15, 0.2) is 11.5 Å². The van der Waals surface area contributed by atoms with E-state index in [0.717, 1.165) is 16.3 Å². The van der Waals surface area contributed by atoms with E-state index in [1.54, 1.807) is 12.1 Å². The van der Waals surface area contributed by atoms with Gasteiger partial charge in [0.2, 0.25) is 0 Å². The van der Waals surface area contributed by atoms with Crippen LogP contribution in [0, 0.1) is 10.1 Å². The smallest absolute Gasteiger partial charge is 0.280 e. The van der Waals surface area contributed by atoms with Crippen molar-refractivity contribution in [2.45, 2.75) is 20.3 Å². The summed E-state index contributed by atoms with van der Waals surface area (Å²) >= 11 is 0. The van der Waals surface area contributed by atoms with E-state index in [4.69, 9.17) is 4.42 Å². The number of hydrogen-bond donors (Lipinski definition) is 0. The summed E-state index contributed by atoms with van der Waals surface area (Å²) in [6, 6.07) is 8.53. The van der Waals surface area contributed by atoms with Gasteiger partial charge in [-0.1, -0.05) is 25.1 Å². The summed E-state index contributed by atoms with van der Waals surface area (Å²) in [5.41, 5.74) is 1.19. The Kier molecular flexibility index (Phi) is 2.97. The molecule has 5 nitrogen and oxygen atoms in total. The van der Waals surface area contributed by atoms with E-state index in [9.17, 15) is 14.9 Å². The van der Waals surface area contributed by atoms with Crippen molar-refractivity contribution in [3.05, 3.63) is 51.8 Å². The van der Waals surface area contributed by atoms with E-state index in [1.165, 1.54) is 13.0 Å². The number of carbonyl (C=O) groups excluding carboxylic acids is 1. The molecule has 0 radical (unpaired) electrons. The second-order valence-corrected chi connectivity index (χ2v) is 4.89. The molecule has 2 aromatic carbocycles. The molecule has 0 saturated heterocycles. The molecular formula is C16H13NO4. The Bertz CT molecular complexity index is 892. The van der Waals surface area contributed by atoms with E-state index in [1.807, 2.05) is 19.1 Å². The number of hydrogen-bond acceptors (Lipinski definition) is 4. The van der Waals surface area contributed by atoms with Gasteiger partial charge in [0, 0.05) is 17.9 Å². The predicted molar refractivity (Wildman–Crippen MR) is 79.8 cm³/mol. The number of Topliss-reactive ketones (excluding diaryl/α,β-unsaturated/α-hetero) is 1. The lowest BCUT2D eigenvalue weighted by Crippen LogP contribution is -1.94. The fourth-order valence-electron chi connectivity index (χ4n) is 2.78. The van der Waals surface area contributed by atoms with Gasteiger partial charge in [-0.05, 0) is 17.9 Å². The van der Waals surface area contributed by atoms with Crippen LogP contribution in [0.15, 0.2) is 34.7 Å². The number of rotatable bonds is 3. The Morgan fingerprint density at radius 3 is 2.52 bits per heavy atom. The van der Waals surface area contributed by atoms with E-state index in [-0.39, 0.29) is 17.2 Å². The van der Waals surface area contributed by atoms with Crippen LogP contribution in [0.2, 0.25) is 0 Å². The van der Waals surface area contributed by atoms with Crippen molar-refractivity contribution in [2.24, 2.45) is 0 Å². The maximum Gasteiger partial charge on any atom is 0.280 e. The standard InChI is InChI=1S/C16H13NO4/c1-3-10-15-12-7-5-4-6-11(12)13(17(19)20)8-14(15)21-16(10)9(2)18/h4-8H,3H2,1-2H3. The van der Waals surface area contributed by atoms with Gasteiger partial charge >= 0.3 is 0 Å². The van der Waals surface area contributed by atoms with E-state index in [2.05, 4.69) is 0 Å². The number of furan rings is 1. The number of aryl methyl sites for hydroxylation is 1. The highest BCUT2D eigenvalue weighted by Crippen LogP contribution is 2.38. The predicted octanol–water partition coefficient (Wildman–Crippen LogP) is 4.26. The minimum Gasteiger partial charge on any atom is -0.452 e. The molecule has 3 aromatic rings. The Morgan fingerprint density at radius 1 is 1.29 bits per heavy atom. The number of fused-ring (bicyclic) bond motifs is 3. The molecule has 0 fully saturated rings. The van der Waals surface area contributed by atoms with Crippen molar-refractivity contribution < 1.29 is 14.1 Å². The third-order valence-electron chi connectivity index (χ3n) is 3.64. The molecule has 0 aliphatic heterocycles. The van der Waals surface area contributed by atoms with E-state index in [0.29, 0.717) is 17.4 Å². The molecule has 0 atom stereocenters. The van der Waals surface area contributed by atoms with Gasteiger partial charge in [-0.25, -0.2) is 0 Å². The lowest BCUT2D eigenvalue weighted by molar-refractivity contribution is -0.383. The summed E-state index contributed by atoms with van der Waals surface area (Å²) in [4.78, 5) is 22.5. The quantitative estimate of drug-likeness (QED) is 0.409. The van der Waals surface area contributed by atoms with Crippen molar-refractivity contribution in [1.82, 2.24) is 0 Å². The first-order chi connectivity index (χ1) is 10.0. The van der Waals surface area contributed by atoms with Gasteiger partial charge in [0.1, 0.15) is 5.58 Å². The molecule has 0 aliphatic rings. The molecule has 0 unspecified atom stereocenters. The third kappa shape index (κ3) is 1.89. The Balaban J connectivity index is 2.57. The summed E-state index contributed by atoms with van der Waals surface area (Å²) in [6.45, 7) is 3.38. The molecule has 0 amide bonds. The molecule has 0 aliphatic carbocycles. The molecule has 106 valence electrons. The van der Waals surface area contributed by atoms with Crippen molar-refractivity contribution in [3.63, 3.8) is 0 Å². The summed E-state index contributed by atoms with van der Waals surface area (Å²) in [6.07, 6.45) is 0.629. The highest BCUT2D eigenvalue weighted by Gasteiger charge is 2.23. The second kappa shape index (κ2) is 4.70. The Labute approximate surface area is 120 Å². The number of benzene rings is 2. The van der Waals surface area contributed by atoms with Crippen LogP contribution in [-0.4, -0.2) is 10.7 Å². The molecule has 0 bridgehead atoms. The van der Waals surface area contributed by atoms with Gasteiger partial charge in [0.25, 0.3) is 5.69 Å². The van der Waals surface area contributed by atoms with Crippen LogP contribution in [0.25, 0.3) is 21.7 Å². The first kappa shape index (κ1) is 13.3. The molecule has 21 heavy (non-hydrogen) atoms. The molecule has 5 heteroatoms. The number of nitro groups is 1. The normalized spacial score (nSPS) is 11.1. The van der Waals surface area contributed by atoms with Gasteiger partial charge in [0.05, 0.1) is 16.4 Å². The van der Waals surface area contributed by atoms with E-state index < -0.39 is 4.92 Å². The van der Waals surface area contributed by atoms with Crippen LogP contribution in [0.3, 0.4) is 0 Å². The Hall–Kier alpha value is -2.69. The number of non-ortho nitro benzene ring substituents is 1. The van der Waals surface area contributed by atoms with Crippen LogP contribution in [0.1, 0.15) is 30.0 Å². The average molecular weight is 283 g/mol. The van der Waals surface area contributed by atoms with Crippen molar-refractivity contribution in [1.29, 1.82) is 0 Å². The van der Waals surface area contributed by atoms with Gasteiger partial charge < -0.3 is 4.42 Å². The monoisotopic (exact) mass is 283 g/mol. The van der Waals surface area contributed by atoms with E-state index >= 15 is 0 Å². The number of carbonyl (C=O) groups is 1. The lowest BCUT2D eigenvalue weighted by Gasteiger charge is -2.02.